The number of rotatable bonds is 14. The fourth-order valence-corrected chi connectivity index (χ4v) is 3.09. The first-order valence-corrected chi connectivity index (χ1v) is 11.6. The van der Waals surface area contributed by atoms with Crippen molar-refractivity contribution in [3.63, 3.8) is 0 Å². The van der Waals surface area contributed by atoms with Crippen LogP contribution in [0, 0.1) is 11.3 Å². The lowest BCUT2D eigenvalue weighted by molar-refractivity contribution is -0.149. The van der Waals surface area contributed by atoms with E-state index >= 15 is 0 Å². The molecule has 7 nitrogen and oxygen atoms in total. The van der Waals surface area contributed by atoms with Gasteiger partial charge in [-0.1, -0.05) is 46.8 Å². The third-order valence-electron chi connectivity index (χ3n) is 4.88. The van der Waals surface area contributed by atoms with E-state index in [-0.39, 0.29) is 11.4 Å². The second-order valence-corrected chi connectivity index (χ2v) is 9.72. The molecule has 0 bridgehead atoms. The van der Waals surface area contributed by atoms with Crippen molar-refractivity contribution < 1.29 is 24.2 Å². The smallest absolute Gasteiger partial charge is 0.333 e. The predicted molar refractivity (Wildman–Crippen MR) is 127 cm³/mol. The van der Waals surface area contributed by atoms with Crippen molar-refractivity contribution >= 4 is 12.0 Å². The molecule has 0 aliphatic carbocycles. The third kappa shape index (κ3) is 11.9. The van der Waals surface area contributed by atoms with Crippen molar-refractivity contribution in [2.45, 2.75) is 66.9 Å². The number of carbonyl (C=O) groups excluding carboxylic acids is 1. The van der Waals surface area contributed by atoms with Crippen LogP contribution in [0.3, 0.4) is 0 Å². The number of hydrogen-bond donors (Lipinski definition) is 2. The molecule has 0 heterocycles. The van der Waals surface area contributed by atoms with Crippen LogP contribution in [-0.2, 0) is 16.0 Å². The third-order valence-corrected chi connectivity index (χ3v) is 4.88. The maximum absolute atomic E-state index is 12.7. The van der Waals surface area contributed by atoms with E-state index in [2.05, 4.69) is 39.9 Å². The summed E-state index contributed by atoms with van der Waals surface area (Å²) < 4.78 is 11.1. The monoisotopic (exact) mass is 450 g/mol. The normalized spacial score (nSPS) is 12.5. The first-order chi connectivity index (χ1) is 15.0. The Kier molecular flexibility index (Phi) is 12.1. The molecule has 0 radical (unpaired) electrons. The molecule has 2 amide bonds. The lowest BCUT2D eigenvalue weighted by Crippen LogP contribution is -2.45. The number of aliphatic carboxylic acids is 1. The molecule has 7 heteroatoms. The van der Waals surface area contributed by atoms with Gasteiger partial charge in [-0.25, -0.2) is 9.59 Å². The van der Waals surface area contributed by atoms with Crippen LogP contribution < -0.4 is 10.1 Å². The van der Waals surface area contributed by atoms with Crippen LogP contribution in [0.2, 0.25) is 0 Å². The van der Waals surface area contributed by atoms with Gasteiger partial charge in [0.05, 0.1) is 6.54 Å². The Morgan fingerprint density at radius 3 is 2.31 bits per heavy atom. The molecule has 0 aliphatic rings. The molecule has 2 N–H and O–H groups in total. The average Bonchev–Trinajstić information content (AvgIpc) is 2.71. The summed E-state index contributed by atoms with van der Waals surface area (Å²) in [4.78, 5) is 25.7. The Balaban J connectivity index is 2.59. The van der Waals surface area contributed by atoms with Crippen LogP contribution in [0.15, 0.2) is 24.3 Å². The van der Waals surface area contributed by atoms with Crippen LogP contribution in [0.25, 0.3) is 0 Å². The summed E-state index contributed by atoms with van der Waals surface area (Å²) in [7, 11) is 0. The lowest BCUT2D eigenvalue weighted by Gasteiger charge is -2.26. The van der Waals surface area contributed by atoms with Gasteiger partial charge < -0.3 is 24.8 Å². The van der Waals surface area contributed by atoms with Crippen molar-refractivity contribution in [1.29, 1.82) is 0 Å². The number of urea groups is 1. The van der Waals surface area contributed by atoms with Crippen molar-refractivity contribution in [3.05, 3.63) is 29.8 Å². The largest absolute Gasteiger partial charge is 0.492 e. The molecule has 1 aromatic carbocycles. The van der Waals surface area contributed by atoms with Crippen molar-refractivity contribution in [3.8, 4) is 5.75 Å². The van der Waals surface area contributed by atoms with Gasteiger partial charge in [0.15, 0.2) is 6.10 Å². The van der Waals surface area contributed by atoms with E-state index in [1.807, 2.05) is 29.2 Å². The first-order valence-electron chi connectivity index (χ1n) is 11.6. The summed E-state index contributed by atoms with van der Waals surface area (Å²) in [5.74, 6) is 0.330. The maximum Gasteiger partial charge on any atom is 0.333 e. The summed E-state index contributed by atoms with van der Waals surface area (Å²) in [6.45, 7) is 15.0. The average molecular weight is 451 g/mol. The summed E-state index contributed by atoms with van der Waals surface area (Å²) >= 11 is 0. The summed E-state index contributed by atoms with van der Waals surface area (Å²) in [5.41, 5.74) is 0.898. The molecule has 182 valence electrons. The molecule has 1 aromatic rings. The van der Waals surface area contributed by atoms with E-state index in [0.717, 1.165) is 18.4 Å². The number of carbonyl (C=O) groups is 2. The van der Waals surface area contributed by atoms with E-state index in [1.165, 1.54) is 0 Å². The minimum Gasteiger partial charge on any atom is -0.492 e. The zero-order chi connectivity index (χ0) is 24.1. The van der Waals surface area contributed by atoms with Gasteiger partial charge in [0.1, 0.15) is 12.4 Å². The number of ether oxygens (including phenoxy) is 2. The maximum atomic E-state index is 12.7. The van der Waals surface area contributed by atoms with E-state index in [0.29, 0.717) is 50.9 Å². The highest BCUT2D eigenvalue weighted by Gasteiger charge is 2.19. The van der Waals surface area contributed by atoms with Gasteiger partial charge in [0.2, 0.25) is 0 Å². The Labute approximate surface area is 193 Å². The Hall–Kier alpha value is -2.28. The van der Waals surface area contributed by atoms with E-state index in [1.54, 1.807) is 6.92 Å². The molecule has 1 unspecified atom stereocenters. The van der Waals surface area contributed by atoms with E-state index in [4.69, 9.17) is 9.47 Å². The highest BCUT2D eigenvalue weighted by Crippen LogP contribution is 2.15. The zero-order valence-electron chi connectivity index (χ0n) is 20.6. The Morgan fingerprint density at radius 2 is 1.78 bits per heavy atom. The fourth-order valence-electron chi connectivity index (χ4n) is 3.09. The van der Waals surface area contributed by atoms with Crippen LogP contribution >= 0.6 is 0 Å². The van der Waals surface area contributed by atoms with Gasteiger partial charge in [-0.05, 0) is 48.8 Å². The van der Waals surface area contributed by atoms with E-state index in [9.17, 15) is 14.7 Å². The number of nitrogens with one attached hydrogen (secondary N) is 1. The Morgan fingerprint density at radius 1 is 1.12 bits per heavy atom. The SMILES string of the molecule is CCOC(Cc1ccc(OCCN(CCCC(C)C)C(=O)NCC(C)(C)C)cc1)C(=O)O. The standard InChI is InChI=1S/C25H42N2O5/c1-7-31-22(23(28)29)17-20-10-12-21(13-11-20)32-16-15-27(14-8-9-19(2)3)24(30)26-18-25(4,5)6/h10-13,19,22H,7-9,14-18H2,1-6H3,(H,26,30)(H,28,29). The number of carboxylic acids is 1. The van der Waals surface area contributed by atoms with Gasteiger partial charge in [-0.2, -0.15) is 0 Å². The molecule has 0 aromatic heterocycles. The molecular weight excluding hydrogens is 408 g/mol. The highest BCUT2D eigenvalue weighted by molar-refractivity contribution is 5.74. The van der Waals surface area contributed by atoms with Crippen molar-refractivity contribution in [2.24, 2.45) is 11.3 Å². The number of benzene rings is 1. The molecule has 0 spiro atoms. The van der Waals surface area contributed by atoms with Gasteiger partial charge in [0, 0.05) is 26.1 Å². The molecule has 0 aliphatic heterocycles. The zero-order valence-corrected chi connectivity index (χ0v) is 20.6. The lowest BCUT2D eigenvalue weighted by atomic mass is 9.97. The van der Waals surface area contributed by atoms with Crippen molar-refractivity contribution in [2.75, 3.05) is 32.8 Å². The summed E-state index contributed by atoms with van der Waals surface area (Å²) in [5, 5.41) is 12.2. The molecule has 1 rings (SSSR count). The first kappa shape index (κ1) is 27.8. The second-order valence-electron chi connectivity index (χ2n) is 9.72. The van der Waals surface area contributed by atoms with Crippen LogP contribution in [0.1, 0.15) is 59.9 Å². The van der Waals surface area contributed by atoms with Gasteiger partial charge in [-0.3, -0.25) is 0 Å². The van der Waals surface area contributed by atoms with Crippen LogP contribution in [0.5, 0.6) is 5.75 Å². The second kappa shape index (κ2) is 14.0. The van der Waals surface area contributed by atoms with Gasteiger partial charge >= 0.3 is 12.0 Å². The summed E-state index contributed by atoms with van der Waals surface area (Å²) in [6.07, 6.45) is 1.49. The van der Waals surface area contributed by atoms with Crippen LogP contribution in [-0.4, -0.2) is 61.0 Å². The molecule has 0 saturated carbocycles. The summed E-state index contributed by atoms with van der Waals surface area (Å²) in [6, 6.07) is 7.28. The van der Waals surface area contributed by atoms with Crippen molar-refractivity contribution in [1.82, 2.24) is 10.2 Å². The quantitative estimate of drug-likeness (QED) is 0.433. The molecular formula is C25H42N2O5. The highest BCUT2D eigenvalue weighted by atomic mass is 16.5. The number of amides is 2. The molecule has 32 heavy (non-hydrogen) atoms. The molecule has 1 atom stereocenters. The number of carboxylic acid groups (broad SMARTS) is 1. The van der Waals surface area contributed by atoms with Gasteiger partial charge in [0.25, 0.3) is 0 Å². The number of nitrogens with zero attached hydrogens (tertiary/aromatic N) is 1. The fraction of sp³-hybridized carbons (Fsp3) is 0.680. The molecule has 0 fully saturated rings. The minimum atomic E-state index is -0.963. The topological polar surface area (TPSA) is 88.1 Å². The van der Waals surface area contributed by atoms with Crippen LogP contribution in [0.4, 0.5) is 4.79 Å². The molecule has 0 saturated heterocycles. The Bertz CT molecular complexity index is 683. The minimum absolute atomic E-state index is 0.0271. The predicted octanol–water partition coefficient (Wildman–Crippen LogP) is 4.59. The number of hydrogen-bond acceptors (Lipinski definition) is 4. The van der Waals surface area contributed by atoms with Gasteiger partial charge in [-0.15, -0.1) is 0 Å². The van der Waals surface area contributed by atoms with E-state index < -0.39 is 12.1 Å².